The maximum Gasteiger partial charge on any atom is 0.269 e. The standard InChI is InChI=1S/C13H10ClN3O2/c14-13(16-15-11-4-2-1-3-5-11)10-6-8-12(9-7-10)17(18)19/h1-9,15H/b16-13+. The number of nitrogens with zero attached hydrogens (tertiary/aromatic N) is 2. The van der Waals surface area contributed by atoms with Gasteiger partial charge in [0.15, 0.2) is 5.17 Å². The van der Waals surface area contributed by atoms with E-state index in [-0.39, 0.29) is 10.9 Å². The average Bonchev–Trinajstić information content (AvgIpc) is 2.46. The monoisotopic (exact) mass is 275 g/mol. The van der Waals surface area contributed by atoms with Crippen molar-refractivity contribution >= 4 is 28.1 Å². The quantitative estimate of drug-likeness (QED) is 0.526. The highest BCUT2D eigenvalue weighted by atomic mass is 35.5. The summed E-state index contributed by atoms with van der Waals surface area (Å²) in [6, 6.07) is 15.2. The molecule has 0 spiro atoms. The lowest BCUT2D eigenvalue weighted by atomic mass is 10.2. The topological polar surface area (TPSA) is 67.5 Å². The van der Waals surface area contributed by atoms with Crippen molar-refractivity contribution in [1.82, 2.24) is 0 Å². The fraction of sp³-hybridized carbons (Fsp3) is 0. The fourth-order valence-electron chi connectivity index (χ4n) is 1.41. The normalized spacial score (nSPS) is 11.1. The van der Waals surface area contributed by atoms with E-state index in [9.17, 15) is 10.1 Å². The van der Waals surface area contributed by atoms with E-state index in [2.05, 4.69) is 10.5 Å². The highest BCUT2D eigenvalue weighted by Crippen LogP contribution is 2.14. The fourth-order valence-corrected chi connectivity index (χ4v) is 1.58. The van der Waals surface area contributed by atoms with Crippen LogP contribution in [0.1, 0.15) is 5.56 Å². The molecule has 5 nitrogen and oxygen atoms in total. The number of anilines is 1. The number of para-hydroxylation sites is 1. The minimum Gasteiger partial charge on any atom is -0.277 e. The van der Waals surface area contributed by atoms with E-state index < -0.39 is 4.92 Å². The van der Waals surface area contributed by atoms with Gasteiger partial charge in [0, 0.05) is 17.7 Å². The molecule has 96 valence electrons. The van der Waals surface area contributed by atoms with Crippen LogP contribution in [0.4, 0.5) is 11.4 Å². The van der Waals surface area contributed by atoms with Gasteiger partial charge >= 0.3 is 0 Å². The van der Waals surface area contributed by atoms with Crippen molar-refractivity contribution in [2.75, 3.05) is 5.43 Å². The summed E-state index contributed by atoms with van der Waals surface area (Å²) in [4.78, 5) is 10.1. The Morgan fingerprint density at radius 1 is 1.11 bits per heavy atom. The number of hydrogen-bond acceptors (Lipinski definition) is 4. The number of rotatable bonds is 4. The molecule has 0 saturated carbocycles. The van der Waals surface area contributed by atoms with E-state index in [0.29, 0.717) is 5.56 Å². The van der Waals surface area contributed by atoms with Gasteiger partial charge in [0.1, 0.15) is 0 Å². The van der Waals surface area contributed by atoms with Gasteiger partial charge < -0.3 is 0 Å². The van der Waals surface area contributed by atoms with Gasteiger partial charge in [-0.3, -0.25) is 15.5 Å². The van der Waals surface area contributed by atoms with Gasteiger partial charge in [0.2, 0.25) is 0 Å². The molecule has 0 bridgehead atoms. The zero-order chi connectivity index (χ0) is 13.7. The first-order valence-electron chi connectivity index (χ1n) is 5.46. The van der Waals surface area contributed by atoms with Gasteiger partial charge in [-0.15, -0.1) is 0 Å². The zero-order valence-electron chi connectivity index (χ0n) is 9.79. The summed E-state index contributed by atoms with van der Waals surface area (Å²) in [5.41, 5.74) is 4.24. The molecule has 0 atom stereocenters. The highest BCUT2D eigenvalue weighted by molar-refractivity contribution is 6.69. The second-order valence-electron chi connectivity index (χ2n) is 3.68. The Labute approximate surface area is 114 Å². The molecule has 0 fully saturated rings. The molecule has 2 rings (SSSR count). The predicted molar refractivity (Wildman–Crippen MR) is 75.6 cm³/mol. The van der Waals surface area contributed by atoms with Crippen LogP contribution in [0, 0.1) is 10.1 Å². The smallest absolute Gasteiger partial charge is 0.269 e. The molecule has 0 radical (unpaired) electrons. The molecule has 0 heterocycles. The minimum absolute atomic E-state index is 0.0178. The van der Waals surface area contributed by atoms with Crippen LogP contribution in [0.2, 0.25) is 0 Å². The molecule has 19 heavy (non-hydrogen) atoms. The Hall–Kier alpha value is -2.40. The third kappa shape index (κ3) is 3.53. The number of benzene rings is 2. The lowest BCUT2D eigenvalue weighted by Gasteiger charge is -2.01. The molecule has 0 saturated heterocycles. The summed E-state index contributed by atoms with van der Waals surface area (Å²) in [5.74, 6) is 0. The SMILES string of the molecule is O=[N+]([O-])c1ccc(/C(Cl)=N\Nc2ccccc2)cc1. The molecule has 2 aromatic rings. The van der Waals surface area contributed by atoms with Crippen LogP contribution < -0.4 is 5.43 Å². The number of non-ortho nitro benzene ring substituents is 1. The van der Waals surface area contributed by atoms with Crippen molar-refractivity contribution in [3.05, 3.63) is 70.3 Å². The van der Waals surface area contributed by atoms with Gasteiger partial charge in [0.25, 0.3) is 5.69 Å². The third-order valence-electron chi connectivity index (χ3n) is 2.37. The molecule has 0 aliphatic carbocycles. The Kier molecular flexibility index (Phi) is 4.10. The number of hydrazone groups is 1. The van der Waals surface area contributed by atoms with Crippen molar-refractivity contribution in [2.24, 2.45) is 5.10 Å². The number of halogens is 1. The first-order valence-corrected chi connectivity index (χ1v) is 5.83. The molecule has 6 heteroatoms. The van der Waals surface area contributed by atoms with E-state index in [1.54, 1.807) is 12.1 Å². The molecule has 2 aromatic carbocycles. The van der Waals surface area contributed by atoms with Crippen LogP contribution in [-0.2, 0) is 0 Å². The summed E-state index contributed by atoms with van der Waals surface area (Å²) < 4.78 is 0. The largest absolute Gasteiger partial charge is 0.277 e. The van der Waals surface area contributed by atoms with E-state index in [1.165, 1.54) is 12.1 Å². The molecular weight excluding hydrogens is 266 g/mol. The molecular formula is C13H10ClN3O2. The number of hydrogen-bond donors (Lipinski definition) is 1. The number of nitrogens with one attached hydrogen (secondary N) is 1. The molecule has 0 aliphatic rings. The Morgan fingerprint density at radius 2 is 1.74 bits per heavy atom. The van der Waals surface area contributed by atoms with E-state index >= 15 is 0 Å². The predicted octanol–water partition coefficient (Wildman–Crippen LogP) is 3.61. The molecule has 0 aromatic heterocycles. The minimum atomic E-state index is -0.461. The lowest BCUT2D eigenvalue weighted by molar-refractivity contribution is -0.384. The van der Waals surface area contributed by atoms with E-state index in [1.807, 2.05) is 30.3 Å². The van der Waals surface area contributed by atoms with Crippen LogP contribution in [0.5, 0.6) is 0 Å². The van der Waals surface area contributed by atoms with Crippen LogP contribution in [0.15, 0.2) is 59.7 Å². The first kappa shape index (κ1) is 13.0. The third-order valence-corrected chi connectivity index (χ3v) is 2.68. The lowest BCUT2D eigenvalue weighted by Crippen LogP contribution is -1.97. The summed E-state index contributed by atoms with van der Waals surface area (Å²) in [6.45, 7) is 0. The van der Waals surface area contributed by atoms with Gasteiger partial charge in [-0.25, -0.2) is 0 Å². The van der Waals surface area contributed by atoms with Crippen molar-refractivity contribution in [3.8, 4) is 0 Å². The maximum atomic E-state index is 10.5. The summed E-state index contributed by atoms with van der Waals surface area (Å²) in [5, 5.41) is 14.8. The van der Waals surface area contributed by atoms with Crippen LogP contribution in [0.25, 0.3) is 0 Å². The van der Waals surface area contributed by atoms with E-state index in [0.717, 1.165) is 5.69 Å². The molecule has 0 aliphatic heterocycles. The second-order valence-corrected chi connectivity index (χ2v) is 4.04. The van der Waals surface area contributed by atoms with Crippen LogP contribution >= 0.6 is 11.6 Å². The Morgan fingerprint density at radius 3 is 2.32 bits per heavy atom. The van der Waals surface area contributed by atoms with Crippen molar-refractivity contribution in [2.45, 2.75) is 0 Å². The molecule has 0 unspecified atom stereocenters. The van der Waals surface area contributed by atoms with Crippen molar-refractivity contribution in [3.63, 3.8) is 0 Å². The van der Waals surface area contributed by atoms with Gasteiger partial charge in [-0.2, -0.15) is 5.10 Å². The van der Waals surface area contributed by atoms with E-state index in [4.69, 9.17) is 11.6 Å². The molecule has 0 amide bonds. The summed E-state index contributed by atoms with van der Waals surface area (Å²) in [7, 11) is 0. The van der Waals surface area contributed by atoms with Crippen molar-refractivity contribution in [1.29, 1.82) is 0 Å². The number of nitro benzene ring substituents is 1. The Bertz CT molecular complexity index is 597. The summed E-state index contributed by atoms with van der Waals surface area (Å²) in [6.07, 6.45) is 0. The number of nitro groups is 1. The zero-order valence-corrected chi connectivity index (χ0v) is 10.5. The maximum absolute atomic E-state index is 10.5. The Balaban J connectivity index is 2.10. The van der Waals surface area contributed by atoms with Gasteiger partial charge in [-0.05, 0) is 24.3 Å². The van der Waals surface area contributed by atoms with Crippen LogP contribution in [0.3, 0.4) is 0 Å². The van der Waals surface area contributed by atoms with Gasteiger partial charge in [-0.1, -0.05) is 29.8 Å². The van der Waals surface area contributed by atoms with Crippen molar-refractivity contribution < 1.29 is 4.92 Å². The summed E-state index contributed by atoms with van der Waals surface area (Å²) >= 11 is 6.01. The highest BCUT2D eigenvalue weighted by Gasteiger charge is 2.06. The van der Waals surface area contributed by atoms with Crippen LogP contribution in [-0.4, -0.2) is 10.1 Å². The van der Waals surface area contributed by atoms with Gasteiger partial charge in [0.05, 0.1) is 10.6 Å². The molecule has 1 N–H and O–H groups in total. The average molecular weight is 276 g/mol. The second kappa shape index (κ2) is 5.97. The first-order chi connectivity index (χ1) is 9.16.